The lowest BCUT2D eigenvalue weighted by atomic mass is 10.1. The zero-order valence-electron chi connectivity index (χ0n) is 16.0. The summed E-state index contributed by atoms with van der Waals surface area (Å²) in [4.78, 5) is 11.0. The standard InChI is InChI=1S/C19H19FN4O4S/c1-12-21-22-19(24(12)14-6-4-13(20)5-7-14)29-18(11-23(25)26)16-10-15(27-2)8-9-17(16)28-3/h4-10,18H,11H2,1-3H3/t18-/m1/s1. The van der Waals surface area contributed by atoms with Crippen LogP contribution in [0.15, 0.2) is 47.6 Å². The van der Waals surface area contributed by atoms with Crippen LogP contribution in [0, 0.1) is 22.9 Å². The lowest BCUT2D eigenvalue weighted by Crippen LogP contribution is -2.12. The second-order valence-corrected chi connectivity index (χ2v) is 7.24. The number of thioether (sulfide) groups is 1. The first kappa shape index (κ1) is 20.6. The minimum absolute atomic E-state index is 0.358. The molecule has 1 heterocycles. The summed E-state index contributed by atoms with van der Waals surface area (Å²) in [7, 11) is 3.03. The van der Waals surface area contributed by atoms with Crippen molar-refractivity contribution in [2.45, 2.75) is 17.3 Å². The molecule has 3 aromatic rings. The Morgan fingerprint density at radius 3 is 2.52 bits per heavy atom. The van der Waals surface area contributed by atoms with Gasteiger partial charge in [-0.1, -0.05) is 11.8 Å². The molecule has 0 radical (unpaired) electrons. The molecule has 2 aromatic carbocycles. The molecule has 1 atom stereocenters. The molecule has 0 spiro atoms. The van der Waals surface area contributed by atoms with Gasteiger partial charge in [-0.05, 0) is 49.4 Å². The van der Waals surface area contributed by atoms with E-state index >= 15 is 0 Å². The monoisotopic (exact) mass is 418 g/mol. The molecule has 0 saturated heterocycles. The zero-order valence-corrected chi connectivity index (χ0v) is 16.9. The molecule has 152 valence electrons. The summed E-state index contributed by atoms with van der Waals surface area (Å²) in [6, 6.07) is 11.0. The number of aromatic nitrogens is 3. The highest BCUT2D eigenvalue weighted by Crippen LogP contribution is 2.41. The summed E-state index contributed by atoms with van der Waals surface area (Å²) >= 11 is 1.18. The van der Waals surface area contributed by atoms with Crippen LogP contribution in [0.4, 0.5) is 4.39 Å². The Morgan fingerprint density at radius 2 is 1.90 bits per heavy atom. The first-order chi connectivity index (χ1) is 13.9. The highest BCUT2D eigenvalue weighted by Gasteiger charge is 2.27. The third-order valence-electron chi connectivity index (χ3n) is 4.23. The van der Waals surface area contributed by atoms with Crippen LogP contribution in [0.3, 0.4) is 0 Å². The van der Waals surface area contributed by atoms with Crippen molar-refractivity contribution in [3.8, 4) is 17.2 Å². The smallest absolute Gasteiger partial charge is 0.220 e. The third kappa shape index (κ3) is 4.65. The Kier molecular flexibility index (Phi) is 6.32. The van der Waals surface area contributed by atoms with Gasteiger partial charge in [-0.25, -0.2) is 4.39 Å². The van der Waals surface area contributed by atoms with E-state index in [-0.39, 0.29) is 17.3 Å². The number of ether oxygens (including phenoxy) is 2. The molecule has 0 saturated carbocycles. The fourth-order valence-corrected chi connectivity index (χ4v) is 4.05. The van der Waals surface area contributed by atoms with Crippen molar-refractivity contribution in [3.05, 3.63) is 69.8 Å². The van der Waals surface area contributed by atoms with Gasteiger partial charge in [0.15, 0.2) is 5.16 Å². The first-order valence-corrected chi connectivity index (χ1v) is 9.49. The molecule has 0 unspecified atom stereocenters. The fourth-order valence-electron chi connectivity index (χ4n) is 2.86. The number of hydrogen-bond donors (Lipinski definition) is 0. The van der Waals surface area contributed by atoms with E-state index in [4.69, 9.17) is 9.47 Å². The predicted octanol–water partition coefficient (Wildman–Crippen LogP) is 3.84. The predicted molar refractivity (Wildman–Crippen MR) is 106 cm³/mol. The summed E-state index contributed by atoms with van der Waals surface area (Å²) < 4.78 is 25.7. The molecule has 0 fully saturated rings. The van der Waals surface area contributed by atoms with Gasteiger partial charge < -0.3 is 9.47 Å². The van der Waals surface area contributed by atoms with Crippen LogP contribution in [0.5, 0.6) is 11.5 Å². The van der Waals surface area contributed by atoms with E-state index in [9.17, 15) is 14.5 Å². The summed E-state index contributed by atoms with van der Waals surface area (Å²) in [5, 5.41) is 19.5. The number of methoxy groups -OCH3 is 2. The Morgan fingerprint density at radius 1 is 1.17 bits per heavy atom. The molecule has 0 aliphatic carbocycles. The van der Waals surface area contributed by atoms with Crippen LogP contribution in [-0.2, 0) is 0 Å². The van der Waals surface area contributed by atoms with Crippen molar-refractivity contribution in [2.24, 2.45) is 0 Å². The van der Waals surface area contributed by atoms with Crippen LogP contribution >= 0.6 is 11.8 Å². The van der Waals surface area contributed by atoms with Gasteiger partial charge in [0.2, 0.25) is 6.54 Å². The zero-order chi connectivity index (χ0) is 21.0. The molecule has 0 aliphatic rings. The molecule has 8 nitrogen and oxygen atoms in total. The topological polar surface area (TPSA) is 92.3 Å². The number of hydrogen-bond acceptors (Lipinski definition) is 7. The minimum Gasteiger partial charge on any atom is -0.497 e. The van der Waals surface area contributed by atoms with Gasteiger partial charge in [-0.2, -0.15) is 0 Å². The number of nitrogens with zero attached hydrogens (tertiary/aromatic N) is 4. The molecule has 3 rings (SSSR count). The molecule has 0 amide bonds. The van der Waals surface area contributed by atoms with Gasteiger partial charge in [0, 0.05) is 16.2 Å². The van der Waals surface area contributed by atoms with Crippen molar-refractivity contribution in [1.29, 1.82) is 0 Å². The van der Waals surface area contributed by atoms with Crippen LogP contribution in [-0.4, -0.2) is 40.5 Å². The van der Waals surface area contributed by atoms with Crippen molar-refractivity contribution in [1.82, 2.24) is 14.8 Å². The molecule has 10 heteroatoms. The average Bonchev–Trinajstić information content (AvgIpc) is 3.07. The number of benzene rings is 2. The number of rotatable bonds is 8. The maximum Gasteiger partial charge on any atom is 0.220 e. The number of aryl methyl sites for hydroxylation is 1. The molecule has 0 aliphatic heterocycles. The van der Waals surface area contributed by atoms with Crippen LogP contribution in [0.1, 0.15) is 16.6 Å². The summed E-state index contributed by atoms with van der Waals surface area (Å²) in [6.45, 7) is 1.40. The first-order valence-electron chi connectivity index (χ1n) is 8.61. The van der Waals surface area contributed by atoms with Gasteiger partial charge in [0.05, 0.1) is 14.2 Å². The molecular formula is C19H19FN4O4S. The van der Waals surface area contributed by atoms with Crippen LogP contribution < -0.4 is 9.47 Å². The van der Waals surface area contributed by atoms with Crippen LogP contribution in [0.25, 0.3) is 5.69 Å². The van der Waals surface area contributed by atoms with Gasteiger partial charge in [-0.15, -0.1) is 10.2 Å². The van der Waals surface area contributed by atoms with E-state index in [2.05, 4.69) is 10.2 Å². The summed E-state index contributed by atoms with van der Waals surface area (Å²) in [5.41, 5.74) is 1.27. The second-order valence-electron chi connectivity index (χ2n) is 6.07. The molecule has 29 heavy (non-hydrogen) atoms. The number of nitro groups is 1. The Balaban J connectivity index is 2.03. The molecule has 0 bridgehead atoms. The van der Waals surface area contributed by atoms with Crippen molar-refractivity contribution < 1.29 is 18.8 Å². The van der Waals surface area contributed by atoms with Crippen molar-refractivity contribution >= 4 is 11.8 Å². The Hall–Kier alpha value is -3.14. The van der Waals surface area contributed by atoms with Crippen molar-refractivity contribution in [2.75, 3.05) is 20.8 Å². The maximum atomic E-state index is 13.3. The van der Waals surface area contributed by atoms with Gasteiger partial charge in [-0.3, -0.25) is 14.7 Å². The van der Waals surface area contributed by atoms with E-state index in [1.165, 1.54) is 38.1 Å². The van der Waals surface area contributed by atoms with Gasteiger partial charge in [0.25, 0.3) is 0 Å². The third-order valence-corrected chi connectivity index (χ3v) is 5.39. The van der Waals surface area contributed by atoms with Crippen LogP contribution in [0.2, 0.25) is 0 Å². The van der Waals surface area contributed by atoms with E-state index < -0.39 is 5.25 Å². The summed E-state index contributed by atoms with van der Waals surface area (Å²) in [5.74, 6) is 1.29. The van der Waals surface area contributed by atoms with E-state index in [0.717, 1.165) is 0 Å². The second kappa shape index (κ2) is 8.91. The average molecular weight is 418 g/mol. The van der Waals surface area contributed by atoms with Gasteiger partial charge >= 0.3 is 0 Å². The minimum atomic E-state index is -0.613. The summed E-state index contributed by atoms with van der Waals surface area (Å²) in [6.07, 6.45) is 0. The SMILES string of the molecule is COc1ccc(OC)c([C@@H](C[N+](=O)[O-])Sc2nnc(C)n2-c2ccc(F)cc2)c1. The highest BCUT2D eigenvalue weighted by atomic mass is 32.2. The van der Waals surface area contributed by atoms with E-state index in [1.54, 1.807) is 41.8 Å². The quantitative estimate of drug-likeness (QED) is 0.312. The van der Waals surface area contributed by atoms with E-state index in [1.807, 2.05) is 0 Å². The van der Waals surface area contributed by atoms with Crippen molar-refractivity contribution in [3.63, 3.8) is 0 Å². The highest BCUT2D eigenvalue weighted by molar-refractivity contribution is 7.99. The normalized spacial score (nSPS) is 11.9. The fraction of sp³-hybridized carbons (Fsp3) is 0.263. The van der Waals surface area contributed by atoms with E-state index in [0.29, 0.717) is 33.7 Å². The lowest BCUT2D eigenvalue weighted by Gasteiger charge is -2.17. The maximum absolute atomic E-state index is 13.3. The Labute approximate surface area is 170 Å². The largest absolute Gasteiger partial charge is 0.497 e. The lowest BCUT2D eigenvalue weighted by molar-refractivity contribution is -0.479. The Bertz CT molecular complexity index is 1010. The molecule has 1 aromatic heterocycles. The molecular weight excluding hydrogens is 399 g/mol. The number of halogens is 1. The molecule has 0 N–H and O–H groups in total. The van der Waals surface area contributed by atoms with Gasteiger partial charge in [0.1, 0.15) is 28.4 Å².